The molecule has 0 spiro atoms. The molecule has 1 unspecified atom stereocenters. The van der Waals surface area contributed by atoms with Crippen LogP contribution in [0.5, 0.6) is 0 Å². The van der Waals surface area contributed by atoms with E-state index in [0.29, 0.717) is 5.92 Å². The van der Waals surface area contributed by atoms with E-state index in [2.05, 4.69) is 79.1 Å². The van der Waals surface area contributed by atoms with E-state index < -0.39 is 0 Å². The normalized spacial score (nSPS) is 13.1. The van der Waals surface area contributed by atoms with Crippen molar-refractivity contribution in [2.45, 2.75) is 39.7 Å². The number of nitrogens with zero attached hydrogens (tertiary/aromatic N) is 1. The van der Waals surface area contributed by atoms with Crippen molar-refractivity contribution >= 4 is 32.6 Å². The third-order valence-corrected chi connectivity index (χ3v) is 5.20. The number of rotatable bonds is 5. The van der Waals surface area contributed by atoms with Gasteiger partial charge in [0.05, 0.1) is 5.52 Å². The van der Waals surface area contributed by atoms with Crippen LogP contribution in [-0.4, -0.2) is 4.57 Å². The highest BCUT2D eigenvalue weighted by atomic mass is 15.0. The summed E-state index contributed by atoms with van der Waals surface area (Å²) >= 11 is 0. The number of hydrogen-bond donors (Lipinski definition) is 0. The standard InChI is InChI=1S/C23H25N/c1-3-4-9-17(2)16-24-22-13-8-7-12-20(22)21-15-14-18-10-5-6-11-19(18)23(21)24/h5-8,10-15,17H,3-4,9,16H2,1-2H3. The quantitative estimate of drug-likeness (QED) is 0.383. The van der Waals surface area contributed by atoms with Crippen LogP contribution in [0.1, 0.15) is 33.1 Å². The Morgan fingerprint density at radius 1 is 0.833 bits per heavy atom. The number of para-hydroxylation sites is 1. The summed E-state index contributed by atoms with van der Waals surface area (Å²) in [5, 5.41) is 5.46. The van der Waals surface area contributed by atoms with Crippen LogP contribution in [0.15, 0.2) is 60.7 Å². The van der Waals surface area contributed by atoms with E-state index >= 15 is 0 Å². The van der Waals surface area contributed by atoms with Gasteiger partial charge >= 0.3 is 0 Å². The molecule has 0 N–H and O–H groups in total. The van der Waals surface area contributed by atoms with Gasteiger partial charge in [0.2, 0.25) is 0 Å². The second kappa shape index (κ2) is 6.32. The number of aromatic nitrogens is 1. The molecule has 1 heterocycles. The summed E-state index contributed by atoms with van der Waals surface area (Å²) in [5.41, 5.74) is 2.77. The van der Waals surface area contributed by atoms with Crippen LogP contribution >= 0.6 is 0 Å². The van der Waals surface area contributed by atoms with Crippen molar-refractivity contribution in [3.63, 3.8) is 0 Å². The Kier molecular flexibility index (Phi) is 4.02. The first-order chi connectivity index (χ1) is 11.8. The van der Waals surface area contributed by atoms with Crippen LogP contribution in [0.25, 0.3) is 32.6 Å². The van der Waals surface area contributed by atoms with Crippen molar-refractivity contribution in [1.29, 1.82) is 0 Å². The van der Waals surface area contributed by atoms with Gasteiger partial charge in [-0.05, 0) is 23.8 Å². The SMILES string of the molecule is CCCCC(C)Cn1c2ccccc2c2ccc3ccccc3c21. The van der Waals surface area contributed by atoms with Gasteiger partial charge in [0.15, 0.2) is 0 Å². The molecule has 1 nitrogen and oxygen atoms in total. The molecule has 0 saturated heterocycles. The average molecular weight is 315 g/mol. The number of benzene rings is 3. The molecule has 1 aromatic heterocycles. The summed E-state index contributed by atoms with van der Waals surface area (Å²) < 4.78 is 2.56. The lowest BCUT2D eigenvalue weighted by Crippen LogP contribution is -2.07. The summed E-state index contributed by atoms with van der Waals surface area (Å²) in [6.07, 6.45) is 3.90. The molecule has 1 heteroatoms. The van der Waals surface area contributed by atoms with E-state index in [9.17, 15) is 0 Å². The zero-order valence-corrected chi connectivity index (χ0v) is 14.6. The van der Waals surface area contributed by atoms with Crippen molar-refractivity contribution in [1.82, 2.24) is 4.57 Å². The molecule has 0 bridgehead atoms. The molecule has 0 aliphatic rings. The Morgan fingerprint density at radius 3 is 2.42 bits per heavy atom. The van der Waals surface area contributed by atoms with E-state index in [0.717, 1.165) is 6.54 Å². The highest BCUT2D eigenvalue weighted by molar-refractivity contribution is 6.17. The first-order valence-corrected chi connectivity index (χ1v) is 9.18. The second-order valence-electron chi connectivity index (χ2n) is 7.06. The van der Waals surface area contributed by atoms with Crippen LogP contribution in [0.2, 0.25) is 0 Å². The van der Waals surface area contributed by atoms with Gasteiger partial charge in [-0.3, -0.25) is 0 Å². The fourth-order valence-corrected chi connectivity index (χ4v) is 3.97. The zero-order chi connectivity index (χ0) is 16.5. The minimum atomic E-state index is 0.697. The zero-order valence-electron chi connectivity index (χ0n) is 14.6. The largest absolute Gasteiger partial charge is 0.340 e. The Balaban J connectivity index is 1.98. The van der Waals surface area contributed by atoms with Gasteiger partial charge in [-0.25, -0.2) is 0 Å². The predicted octanol–water partition coefficient (Wildman–Crippen LogP) is 6.77. The molecule has 24 heavy (non-hydrogen) atoms. The topological polar surface area (TPSA) is 4.93 Å². The van der Waals surface area contributed by atoms with Crippen LogP contribution in [0.3, 0.4) is 0 Å². The van der Waals surface area contributed by atoms with Crippen molar-refractivity contribution in [2.24, 2.45) is 5.92 Å². The maximum Gasteiger partial charge on any atom is 0.0571 e. The highest BCUT2D eigenvalue weighted by Gasteiger charge is 2.14. The Labute approximate surface area is 143 Å². The van der Waals surface area contributed by atoms with Crippen molar-refractivity contribution in [2.75, 3.05) is 0 Å². The van der Waals surface area contributed by atoms with Crippen molar-refractivity contribution in [3.8, 4) is 0 Å². The minimum absolute atomic E-state index is 0.697. The molecule has 122 valence electrons. The summed E-state index contributed by atoms with van der Waals surface area (Å²) in [7, 11) is 0. The summed E-state index contributed by atoms with van der Waals surface area (Å²) in [5.74, 6) is 0.697. The molecule has 0 radical (unpaired) electrons. The molecule has 4 aromatic rings. The molecule has 0 fully saturated rings. The first-order valence-electron chi connectivity index (χ1n) is 9.18. The lowest BCUT2D eigenvalue weighted by Gasteiger charge is -2.15. The van der Waals surface area contributed by atoms with Gasteiger partial charge in [0, 0.05) is 28.2 Å². The molecule has 0 amide bonds. The van der Waals surface area contributed by atoms with E-state index in [1.807, 2.05) is 0 Å². The minimum Gasteiger partial charge on any atom is -0.340 e. The predicted molar refractivity (Wildman–Crippen MR) is 106 cm³/mol. The maximum atomic E-state index is 2.56. The maximum absolute atomic E-state index is 2.56. The fraction of sp³-hybridized carbons (Fsp3) is 0.304. The summed E-state index contributed by atoms with van der Waals surface area (Å²) in [6, 6.07) is 22.2. The molecular formula is C23H25N. The Morgan fingerprint density at radius 2 is 1.58 bits per heavy atom. The van der Waals surface area contributed by atoms with Crippen LogP contribution in [-0.2, 0) is 6.54 Å². The molecule has 1 atom stereocenters. The van der Waals surface area contributed by atoms with Crippen molar-refractivity contribution in [3.05, 3.63) is 60.7 Å². The molecule has 0 aliphatic carbocycles. The highest BCUT2D eigenvalue weighted by Crippen LogP contribution is 2.34. The summed E-state index contributed by atoms with van der Waals surface area (Å²) in [4.78, 5) is 0. The van der Waals surface area contributed by atoms with Crippen LogP contribution in [0.4, 0.5) is 0 Å². The average Bonchev–Trinajstić information content (AvgIpc) is 2.94. The molecular weight excluding hydrogens is 290 g/mol. The van der Waals surface area contributed by atoms with E-state index in [-0.39, 0.29) is 0 Å². The van der Waals surface area contributed by atoms with Crippen LogP contribution in [0, 0.1) is 5.92 Å². The van der Waals surface area contributed by atoms with Gasteiger partial charge < -0.3 is 4.57 Å². The van der Waals surface area contributed by atoms with Gasteiger partial charge in [0.1, 0.15) is 0 Å². The van der Waals surface area contributed by atoms with E-state index in [4.69, 9.17) is 0 Å². The smallest absolute Gasteiger partial charge is 0.0571 e. The lowest BCUT2D eigenvalue weighted by molar-refractivity contribution is 0.448. The van der Waals surface area contributed by atoms with Crippen molar-refractivity contribution < 1.29 is 0 Å². The molecule has 4 rings (SSSR count). The number of hydrogen-bond acceptors (Lipinski definition) is 0. The Hall–Kier alpha value is -2.28. The number of fused-ring (bicyclic) bond motifs is 5. The fourth-order valence-electron chi connectivity index (χ4n) is 3.97. The first kappa shape index (κ1) is 15.3. The molecule has 0 saturated carbocycles. The van der Waals surface area contributed by atoms with Gasteiger partial charge in [-0.15, -0.1) is 0 Å². The lowest BCUT2D eigenvalue weighted by atomic mass is 10.0. The third kappa shape index (κ3) is 2.49. The Bertz CT molecular complexity index is 993. The van der Waals surface area contributed by atoms with E-state index in [1.165, 1.54) is 51.8 Å². The number of unbranched alkanes of at least 4 members (excludes halogenated alkanes) is 1. The monoisotopic (exact) mass is 315 g/mol. The molecule has 0 aliphatic heterocycles. The van der Waals surface area contributed by atoms with E-state index in [1.54, 1.807) is 0 Å². The third-order valence-electron chi connectivity index (χ3n) is 5.20. The molecule has 3 aromatic carbocycles. The van der Waals surface area contributed by atoms with Gasteiger partial charge in [0.25, 0.3) is 0 Å². The van der Waals surface area contributed by atoms with Gasteiger partial charge in [-0.1, -0.05) is 81.3 Å². The van der Waals surface area contributed by atoms with Crippen LogP contribution < -0.4 is 0 Å². The summed E-state index contributed by atoms with van der Waals surface area (Å²) in [6.45, 7) is 5.76. The van der Waals surface area contributed by atoms with Gasteiger partial charge in [-0.2, -0.15) is 0 Å². The second-order valence-corrected chi connectivity index (χ2v) is 7.06.